The lowest BCUT2D eigenvalue weighted by atomic mass is 10.4. The van der Waals surface area contributed by atoms with Gasteiger partial charge in [0.2, 0.25) is 0 Å². The fraction of sp³-hybridized carbons (Fsp3) is 0.714. The third kappa shape index (κ3) is 6.13. The molecule has 1 nitrogen and oxygen atoms in total. The van der Waals surface area contributed by atoms with E-state index in [4.69, 9.17) is 0 Å². The summed E-state index contributed by atoms with van der Waals surface area (Å²) in [5.74, 6) is 0. The Morgan fingerprint density at radius 3 is 1.75 bits per heavy atom. The van der Waals surface area contributed by atoms with Gasteiger partial charge >= 0.3 is 7.54 Å². The number of halogens is 3. The molecule has 0 aliphatic carbocycles. The highest BCUT2D eigenvalue weighted by Gasteiger charge is 2.08. The van der Waals surface area contributed by atoms with Gasteiger partial charge in [0.25, 0.3) is 0 Å². The van der Waals surface area contributed by atoms with Crippen LogP contribution < -0.4 is 0 Å². The summed E-state index contributed by atoms with van der Waals surface area (Å²) >= 11 is 0. The molecule has 1 rings (SSSR count). The van der Waals surface area contributed by atoms with Gasteiger partial charge in [-0.2, -0.15) is 0 Å². The fourth-order valence-electron chi connectivity index (χ4n) is 1.10. The van der Waals surface area contributed by atoms with Crippen LogP contribution in [0.1, 0.15) is 19.8 Å². The molecule has 1 aliphatic rings. The first-order valence-electron chi connectivity index (χ1n) is 3.86. The van der Waals surface area contributed by atoms with Gasteiger partial charge in [-0.05, 0) is 19.8 Å². The lowest BCUT2D eigenvalue weighted by Gasteiger charge is -2.15. The van der Waals surface area contributed by atoms with Crippen LogP contribution in [0.5, 0.6) is 0 Å². The predicted octanol–water partition coefficient (Wildman–Crippen LogP) is 2.50. The molecule has 1 aliphatic heterocycles. The minimum atomic E-state index is -3.67. The van der Waals surface area contributed by atoms with Crippen LogP contribution in [0.25, 0.3) is 0 Å². The van der Waals surface area contributed by atoms with E-state index >= 15 is 0 Å². The smallest absolute Gasteiger partial charge is 0.376 e. The largest absolute Gasteiger partial charge is 0.762 e. The van der Waals surface area contributed by atoms with Crippen molar-refractivity contribution in [3.05, 3.63) is 12.3 Å². The summed E-state index contributed by atoms with van der Waals surface area (Å²) in [6, 6.07) is 0. The van der Waals surface area contributed by atoms with Crippen LogP contribution in [0.15, 0.2) is 12.3 Å². The van der Waals surface area contributed by atoms with Crippen LogP contribution in [-0.2, 0) is 0 Å². The molecule has 0 amide bonds. The van der Waals surface area contributed by atoms with Gasteiger partial charge in [-0.15, -0.1) is 0 Å². The highest BCUT2D eigenvalue weighted by atomic mass is 19.4. The van der Waals surface area contributed by atoms with Crippen molar-refractivity contribution >= 4 is 7.54 Å². The monoisotopic (exact) mass is 179 g/mol. The highest BCUT2D eigenvalue weighted by Crippen LogP contribution is 2.11. The second kappa shape index (κ2) is 5.97. The van der Waals surface area contributed by atoms with Gasteiger partial charge in [0.1, 0.15) is 0 Å². The molecule has 70 valence electrons. The summed E-state index contributed by atoms with van der Waals surface area (Å²) in [5, 5.41) is 0. The Morgan fingerprint density at radius 2 is 1.58 bits per heavy atom. The number of nitrogens with zero attached hydrogens (tertiary/aromatic N) is 1. The summed E-state index contributed by atoms with van der Waals surface area (Å²) < 4.78 is 29.0. The van der Waals surface area contributed by atoms with Gasteiger partial charge < -0.3 is 4.90 Å². The highest BCUT2D eigenvalue weighted by molar-refractivity contribution is 6.33. The van der Waals surface area contributed by atoms with Gasteiger partial charge in [-0.3, -0.25) is 12.9 Å². The average molecular weight is 179 g/mol. The summed E-state index contributed by atoms with van der Waals surface area (Å²) in [6.07, 6.45) is 2.71. The summed E-state index contributed by atoms with van der Waals surface area (Å²) in [7, 11) is -3.67. The maximum atomic E-state index is 9.67. The second-order valence-corrected chi connectivity index (χ2v) is 2.68. The molecular weight excluding hydrogens is 166 g/mol. The number of likely N-dealkylation sites (tertiary alicyclic amines) is 1. The molecule has 1 heterocycles. The first-order chi connectivity index (χ1) is 5.54. The van der Waals surface area contributed by atoms with Crippen molar-refractivity contribution in [3.63, 3.8) is 0 Å². The van der Waals surface area contributed by atoms with Crippen molar-refractivity contribution in [1.82, 2.24) is 4.90 Å². The van der Waals surface area contributed by atoms with E-state index < -0.39 is 7.54 Å². The minimum Gasteiger partial charge on any atom is -0.376 e. The van der Waals surface area contributed by atoms with Crippen molar-refractivity contribution in [3.8, 4) is 0 Å². The predicted molar refractivity (Wildman–Crippen MR) is 44.7 cm³/mol. The standard InChI is InChI=1S/C7H13N.BF3/c1-7(2)8-5-3-4-6-8;2-1(3)4/h1,3-6H2,2H3;. The quantitative estimate of drug-likeness (QED) is 0.559. The van der Waals surface area contributed by atoms with Crippen molar-refractivity contribution in [2.75, 3.05) is 13.1 Å². The van der Waals surface area contributed by atoms with E-state index in [0.29, 0.717) is 0 Å². The van der Waals surface area contributed by atoms with Gasteiger partial charge in [0.15, 0.2) is 0 Å². The van der Waals surface area contributed by atoms with E-state index in [1.165, 1.54) is 31.6 Å². The van der Waals surface area contributed by atoms with Crippen molar-refractivity contribution < 1.29 is 12.9 Å². The van der Waals surface area contributed by atoms with Crippen LogP contribution in [0, 0.1) is 0 Å². The maximum absolute atomic E-state index is 9.67. The Balaban J connectivity index is 0.000000261. The molecule has 0 aromatic carbocycles. The maximum Gasteiger partial charge on any atom is 0.762 e. The summed E-state index contributed by atoms with van der Waals surface area (Å²) in [5.41, 5.74) is 1.22. The molecule has 0 saturated carbocycles. The van der Waals surface area contributed by atoms with Crippen LogP contribution in [0.3, 0.4) is 0 Å². The first-order valence-corrected chi connectivity index (χ1v) is 3.86. The van der Waals surface area contributed by atoms with Crippen LogP contribution in [0.4, 0.5) is 12.9 Å². The summed E-state index contributed by atoms with van der Waals surface area (Å²) in [4.78, 5) is 2.33. The molecule has 5 heteroatoms. The Hall–Kier alpha value is -0.605. The molecule has 0 N–H and O–H groups in total. The van der Waals surface area contributed by atoms with E-state index in [-0.39, 0.29) is 0 Å². The molecular formula is C7H13BF3N. The fourth-order valence-corrected chi connectivity index (χ4v) is 1.10. The van der Waals surface area contributed by atoms with Gasteiger partial charge in [0, 0.05) is 18.8 Å². The zero-order valence-electron chi connectivity index (χ0n) is 7.19. The Morgan fingerprint density at radius 1 is 1.25 bits per heavy atom. The van der Waals surface area contributed by atoms with Crippen molar-refractivity contribution in [2.24, 2.45) is 0 Å². The van der Waals surface area contributed by atoms with E-state index in [1.807, 2.05) is 0 Å². The van der Waals surface area contributed by atoms with Crippen molar-refractivity contribution in [1.29, 1.82) is 0 Å². The zero-order chi connectivity index (χ0) is 9.56. The molecule has 0 bridgehead atoms. The molecule has 0 radical (unpaired) electrons. The molecule has 0 spiro atoms. The Bertz CT molecular complexity index is 132. The van der Waals surface area contributed by atoms with Gasteiger partial charge in [0.05, 0.1) is 0 Å². The van der Waals surface area contributed by atoms with Crippen molar-refractivity contribution in [2.45, 2.75) is 19.8 Å². The topological polar surface area (TPSA) is 3.24 Å². The Labute approximate surface area is 71.5 Å². The zero-order valence-corrected chi connectivity index (χ0v) is 7.19. The lowest BCUT2D eigenvalue weighted by Crippen LogP contribution is -2.15. The first kappa shape index (κ1) is 11.4. The third-order valence-electron chi connectivity index (χ3n) is 1.65. The molecule has 0 aromatic rings. The van der Waals surface area contributed by atoms with Crippen LogP contribution in [-0.4, -0.2) is 25.5 Å². The van der Waals surface area contributed by atoms with E-state index in [2.05, 4.69) is 18.4 Å². The van der Waals surface area contributed by atoms with E-state index in [1.54, 1.807) is 0 Å². The van der Waals surface area contributed by atoms with E-state index in [0.717, 1.165) is 0 Å². The second-order valence-electron chi connectivity index (χ2n) is 2.68. The number of hydrogen-bond donors (Lipinski definition) is 0. The van der Waals surface area contributed by atoms with E-state index in [9.17, 15) is 12.9 Å². The Kier molecular flexibility index (Phi) is 5.67. The SMILES string of the molecule is C=C(C)N1CCCC1.FB(F)F. The normalized spacial score (nSPS) is 15.2. The minimum absolute atomic E-state index is 1.22. The molecule has 1 fully saturated rings. The average Bonchev–Trinajstić information content (AvgIpc) is 2.34. The lowest BCUT2D eigenvalue weighted by molar-refractivity contribution is 0.430. The molecule has 0 atom stereocenters. The van der Waals surface area contributed by atoms with Crippen LogP contribution >= 0.6 is 0 Å². The van der Waals surface area contributed by atoms with Gasteiger partial charge in [-0.1, -0.05) is 6.58 Å². The molecule has 12 heavy (non-hydrogen) atoms. The molecule has 0 aromatic heterocycles. The molecule has 0 unspecified atom stereocenters. The van der Waals surface area contributed by atoms with Crippen LogP contribution in [0.2, 0.25) is 0 Å². The third-order valence-corrected chi connectivity index (χ3v) is 1.65. The molecule has 1 saturated heterocycles. The van der Waals surface area contributed by atoms with Gasteiger partial charge in [-0.25, -0.2) is 0 Å². The number of rotatable bonds is 1. The number of hydrogen-bond acceptors (Lipinski definition) is 1. The summed E-state index contributed by atoms with van der Waals surface area (Å²) in [6.45, 7) is 8.40. The number of allylic oxidation sites excluding steroid dienone is 1.